The number of hydrogen-bond donors (Lipinski definition) is 1. The number of ether oxygens (including phenoxy) is 1. The molecule has 0 spiro atoms. The van der Waals surface area contributed by atoms with Crippen LogP contribution in [0, 0.1) is 5.82 Å². The number of nitrogens with zero attached hydrogens (tertiary/aromatic N) is 2. The van der Waals surface area contributed by atoms with Gasteiger partial charge in [-0.2, -0.15) is 0 Å². The third-order valence-corrected chi connectivity index (χ3v) is 4.27. The molecule has 0 unspecified atom stereocenters. The number of Topliss-reactive ketones (excluding diaryl/α,β-unsaturated/α-hetero) is 1. The highest BCUT2D eigenvalue weighted by molar-refractivity contribution is 6.30. The first kappa shape index (κ1) is 18.1. The number of ketones is 1. The molecule has 2 heterocycles. The van der Waals surface area contributed by atoms with E-state index in [0.29, 0.717) is 27.6 Å². The van der Waals surface area contributed by atoms with Crippen molar-refractivity contribution < 1.29 is 13.9 Å². The molecule has 2 N–H and O–H groups in total. The molecule has 0 bridgehead atoms. The van der Waals surface area contributed by atoms with E-state index in [1.54, 1.807) is 44.2 Å². The van der Waals surface area contributed by atoms with Gasteiger partial charge in [0, 0.05) is 18.2 Å². The minimum atomic E-state index is -1.01. The molecule has 0 amide bonds. The van der Waals surface area contributed by atoms with Crippen LogP contribution >= 0.6 is 11.6 Å². The zero-order valence-electron chi connectivity index (χ0n) is 14.3. The summed E-state index contributed by atoms with van der Waals surface area (Å²) in [6.07, 6.45) is 3.18. The third-order valence-electron chi connectivity index (χ3n) is 4.05. The molecule has 134 valence electrons. The Morgan fingerprint density at radius 3 is 2.77 bits per heavy atom. The van der Waals surface area contributed by atoms with E-state index >= 15 is 0 Å². The van der Waals surface area contributed by atoms with Crippen molar-refractivity contribution in [1.29, 1.82) is 0 Å². The number of aromatic nitrogens is 1. The Balaban J connectivity index is 1.92. The van der Waals surface area contributed by atoms with Crippen LogP contribution in [-0.2, 0) is 16.7 Å². The number of carbonyl (C=O) groups excluding carboxylic acids is 1. The van der Waals surface area contributed by atoms with Gasteiger partial charge in [0.05, 0.1) is 5.02 Å². The minimum Gasteiger partial charge on any atom is -0.431 e. The van der Waals surface area contributed by atoms with Crippen LogP contribution in [0.15, 0.2) is 53.4 Å². The zero-order chi connectivity index (χ0) is 18.9. The molecule has 1 aromatic heterocycles. The zero-order valence-corrected chi connectivity index (χ0v) is 15.0. The van der Waals surface area contributed by atoms with E-state index in [9.17, 15) is 9.18 Å². The number of benzene rings is 1. The van der Waals surface area contributed by atoms with E-state index in [2.05, 4.69) is 9.98 Å². The number of amidine groups is 1. The molecule has 1 aliphatic heterocycles. The Labute approximate surface area is 155 Å². The number of hydrogen-bond acceptors (Lipinski definition) is 5. The normalized spacial score (nSPS) is 19.4. The van der Waals surface area contributed by atoms with Crippen LogP contribution in [-0.4, -0.2) is 16.8 Å². The number of pyridine rings is 1. The van der Waals surface area contributed by atoms with Gasteiger partial charge in [-0.05, 0) is 49.8 Å². The molecule has 3 rings (SSSR count). The van der Waals surface area contributed by atoms with Crippen molar-refractivity contribution in [3.05, 3.63) is 76.0 Å². The predicted molar refractivity (Wildman–Crippen MR) is 97.5 cm³/mol. The number of carbonyl (C=O) groups is 1. The summed E-state index contributed by atoms with van der Waals surface area (Å²) in [7, 11) is 0. The molecule has 1 aliphatic rings. The maximum atomic E-state index is 14.5. The second kappa shape index (κ2) is 6.88. The van der Waals surface area contributed by atoms with Gasteiger partial charge in [-0.3, -0.25) is 9.78 Å². The van der Waals surface area contributed by atoms with Crippen molar-refractivity contribution in [2.45, 2.75) is 25.8 Å². The molecule has 1 atom stereocenters. The van der Waals surface area contributed by atoms with Crippen molar-refractivity contribution in [3.63, 3.8) is 0 Å². The molecule has 7 heteroatoms. The van der Waals surface area contributed by atoms with Crippen LogP contribution in [0.2, 0.25) is 5.02 Å². The van der Waals surface area contributed by atoms with Gasteiger partial charge >= 0.3 is 0 Å². The Morgan fingerprint density at radius 2 is 2.12 bits per heavy atom. The van der Waals surface area contributed by atoms with Crippen molar-refractivity contribution in [2.75, 3.05) is 0 Å². The second-order valence-corrected chi connectivity index (χ2v) is 6.67. The number of allylic oxidation sites excluding steroid dienone is 1. The molecule has 0 saturated carbocycles. The fourth-order valence-corrected chi connectivity index (χ4v) is 3.01. The highest BCUT2D eigenvalue weighted by Gasteiger charge is 2.31. The molecule has 2 aromatic rings. The number of aliphatic imine (C=N–C) groups is 1. The maximum Gasteiger partial charge on any atom is 0.288 e. The molecule has 0 saturated heterocycles. The summed E-state index contributed by atoms with van der Waals surface area (Å²) in [5.74, 6) is -0.0897. The lowest BCUT2D eigenvalue weighted by Crippen LogP contribution is -2.30. The average Bonchev–Trinajstić information content (AvgIpc) is 2.55. The van der Waals surface area contributed by atoms with Crippen molar-refractivity contribution in [1.82, 2.24) is 4.98 Å². The SMILES string of the molecule is CC1=C[C@@](C)(c2cc(CC(=O)c3ccc(Cl)cn3)ccc2F)N=C(N)O1. The number of rotatable bonds is 4. The first-order chi connectivity index (χ1) is 12.3. The maximum absolute atomic E-state index is 14.5. The van der Waals surface area contributed by atoms with E-state index in [1.807, 2.05) is 0 Å². The molecule has 1 aromatic carbocycles. The molecule has 0 fully saturated rings. The monoisotopic (exact) mass is 373 g/mol. The van der Waals surface area contributed by atoms with Crippen molar-refractivity contribution in [3.8, 4) is 0 Å². The van der Waals surface area contributed by atoms with Crippen LogP contribution < -0.4 is 5.73 Å². The molecular formula is C19H17ClFN3O2. The largest absolute Gasteiger partial charge is 0.431 e. The van der Waals surface area contributed by atoms with Crippen LogP contribution in [0.5, 0.6) is 0 Å². The molecule has 0 aliphatic carbocycles. The van der Waals surface area contributed by atoms with Crippen LogP contribution in [0.4, 0.5) is 4.39 Å². The van der Waals surface area contributed by atoms with E-state index in [4.69, 9.17) is 22.1 Å². The van der Waals surface area contributed by atoms with Crippen LogP contribution in [0.1, 0.15) is 35.5 Å². The van der Waals surface area contributed by atoms with Gasteiger partial charge < -0.3 is 10.5 Å². The number of halogens is 2. The van der Waals surface area contributed by atoms with E-state index in [1.165, 1.54) is 12.3 Å². The summed E-state index contributed by atoms with van der Waals surface area (Å²) in [5.41, 5.74) is 5.95. The smallest absolute Gasteiger partial charge is 0.288 e. The van der Waals surface area contributed by atoms with Gasteiger partial charge in [0.25, 0.3) is 6.02 Å². The van der Waals surface area contributed by atoms with Crippen molar-refractivity contribution >= 4 is 23.4 Å². The van der Waals surface area contributed by atoms with E-state index in [-0.39, 0.29) is 18.2 Å². The summed E-state index contributed by atoms with van der Waals surface area (Å²) in [6.45, 7) is 3.45. The lowest BCUT2D eigenvalue weighted by molar-refractivity contribution is 0.0988. The quantitative estimate of drug-likeness (QED) is 0.827. The summed E-state index contributed by atoms with van der Waals surface area (Å²) < 4.78 is 19.7. The van der Waals surface area contributed by atoms with E-state index in [0.717, 1.165) is 0 Å². The third kappa shape index (κ3) is 3.75. The van der Waals surface area contributed by atoms with Gasteiger partial charge in [-0.15, -0.1) is 0 Å². The Bertz CT molecular complexity index is 905. The standard InChI is InChI=1S/C19H17ClFN3O2/c1-11-9-19(2,24-18(22)26-11)14-7-12(3-5-15(14)21)8-17(25)16-6-4-13(20)10-23-16/h3-7,9-10H,8H2,1-2H3,(H2,22,24)/t19-/m0/s1. The van der Waals surface area contributed by atoms with Gasteiger partial charge in [0.1, 0.15) is 22.8 Å². The first-order valence-corrected chi connectivity index (χ1v) is 8.31. The van der Waals surface area contributed by atoms with Gasteiger partial charge in [-0.25, -0.2) is 9.38 Å². The lowest BCUT2D eigenvalue weighted by Gasteiger charge is -2.27. The number of nitrogens with two attached hydrogens (primary N) is 1. The summed E-state index contributed by atoms with van der Waals surface area (Å²) in [4.78, 5) is 20.6. The second-order valence-electron chi connectivity index (χ2n) is 6.23. The highest BCUT2D eigenvalue weighted by atomic mass is 35.5. The Kier molecular flexibility index (Phi) is 4.78. The van der Waals surface area contributed by atoms with Crippen LogP contribution in [0.3, 0.4) is 0 Å². The topological polar surface area (TPSA) is 77.6 Å². The highest BCUT2D eigenvalue weighted by Crippen LogP contribution is 2.34. The van der Waals surface area contributed by atoms with Gasteiger partial charge in [-0.1, -0.05) is 17.7 Å². The first-order valence-electron chi connectivity index (χ1n) is 7.93. The Morgan fingerprint density at radius 1 is 1.35 bits per heavy atom. The average molecular weight is 374 g/mol. The summed E-state index contributed by atoms with van der Waals surface area (Å²) in [5, 5.41) is 0.454. The minimum absolute atomic E-state index is 0.0289. The van der Waals surface area contributed by atoms with Gasteiger partial charge in [0.2, 0.25) is 0 Å². The molecular weight excluding hydrogens is 357 g/mol. The Hall–Kier alpha value is -2.73. The molecule has 5 nitrogen and oxygen atoms in total. The summed E-state index contributed by atoms with van der Waals surface area (Å²) in [6, 6.07) is 7.65. The fourth-order valence-electron chi connectivity index (χ4n) is 2.90. The van der Waals surface area contributed by atoms with E-state index < -0.39 is 11.4 Å². The lowest BCUT2D eigenvalue weighted by atomic mass is 9.89. The van der Waals surface area contributed by atoms with Crippen LogP contribution in [0.25, 0.3) is 0 Å². The predicted octanol–water partition coefficient (Wildman–Crippen LogP) is 3.76. The van der Waals surface area contributed by atoms with Crippen molar-refractivity contribution in [2.24, 2.45) is 10.7 Å². The summed E-state index contributed by atoms with van der Waals surface area (Å²) >= 11 is 5.79. The van der Waals surface area contributed by atoms with Gasteiger partial charge in [0.15, 0.2) is 5.78 Å². The fraction of sp³-hybridized carbons (Fsp3) is 0.211. The molecule has 0 radical (unpaired) electrons. The molecule has 26 heavy (non-hydrogen) atoms.